The number of aryl methyl sites for hydroxylation is 1. The molecule has 34 heavy (non-hydrogen) atoms. The van der Waals surface area contributed by atoms with Gasteiger partial charge in [-0.25, -0.2) is 9.97 Å². The summed E-state index contributed by atoms with van der Waals surface area (Å²) in [6, 6.07) is 4.29. The molecule has 4 heterocycles. The number of hydrogen-bond donors (Lipinski definition) is 0. The van der Waals surface area contributed by atoms with E-state index in [1.807, 2.05) is 29.9 Å². The molecule has 178 valence electrons. The molecule has 0 spiro atoms. The summed E-state index contributed by atoms with van der Waals surface area (Å²) >= 11 is 0. The molecule has 5 aliphatic rings. The third-order valence-corrected chi connectivity index (χ3v) is 8.08. The number of aromatic nitrogens is 5. The van der Waals surface area contributed by atoms with Gasteiger partial charge < -0.3 is 9.64 Å². The van der Waals surface area contributed by atoms with Gasteiger partial charge in [-0.05, 0) is 51.2 Å². The normalized spacial score (nSPS) is 30.8. The highest BCUT2D eigenvalue weighted by Gasteiger charge is 2.79. The molecule has 0 aromatic carbocycles. The van der Waals surface area contributed by atoms with E-state index >= 15 is 0 Å². The molecule has 4 aliphatic carbocycles. The van der Waals surface area contributed by atoms with Gasteiger partial charge in [0, 0.05) is 34.8 Å². The maximum absolute atomic E-state index is 13.5. The van der Waals surface area contributed by atoms with Crippen LogP contribution in [0.2, 0.25) is 0 Å². The smallest absolute Gasteiger partial charge is 0.370 e. The van der Waals surface area contributed by atoms with Crippen molar-refractivity contribution in [2.24, 2.45) is 5.41 Å². The number of morpholine rings is 1. The van der Waals surface area contributed by atoms with Crippen LogP contribution >= 0.6 is 0 Å². The molecule has 5 fully saturated rings. The molecule has 0 N–H and O–H groups in total. The monoisotopic (exact) mass is 470 g/mol. The largest absolute Gasteiger partial charge is 0.394 e. The van der Waals surface area contributed by atoms with E-state index in [-0.39, 0.29) is 25.4 Å². The van der Waals surface area contributed by atoms with Crippen LogP contribution in [0.5, 0.6) is 0 Å². The van der Waals surface area contributed by atoms with Crippen LogP contribution in [0.3, 0.4) is 0 Å². The summed E-state index contributed by atoms with van der Waals surface area (Å²) in [6.45, 7) is 3.58. The highest BCUT2D eigenvalue weighted by molar-refractivity contribution is 5.81. The highest BCUT2D eigenvalue weighted by atomic mass is 19.4. The molecule has 4 saturated carbocycles. The molecule has 1 aliphatic heterocycles. The highest BCUT2D eigenvalue weighted by Crippen LogP contribution is 2.78. The SMILES string of the molecule is Cc1ccc2c(C34CC(C(F)(F)F)(C3)C4)nc(N3CCO[C@H](c4cnn(C5CC5)c4)C3)nc2n1. The van der Waals surface area contributed by atoms with E-state index in [0.717, 1.165) is 35.2 Å². The molecule has 7 nitrogen and oxygen atoms in total. The number of fused-ring (bicyclic) bond motifs is 1. The molecular weight excluding hydrogens is 445 g/mol. The lowest BCUT2D eigenvalue weighted by Crippen LogP contribution is -2.70. The Morgan fingerprint density at radius 3 is 2.62 bits per heavy atom. The van der Waals surface area contributed by atoms with Crippen LogP contribution < -0.4 is 4.90 Å². The second-order valence-electron chi connectivity index (χ2n) is 10.6. The van der Waals surface area contributed by atoms with Crippen molar-refractivity contribution >= 4 is 17.0 Å². The molecule has 3 aromatic heterocycles. The van der Waals surface area contributed by atoms with E-state index in [9.17, 15) is 13.2 Å². The first-order valence-corrected chi connectivity index (χ1v) is 11.9. The van der Waals surface area contributed by atoms with Crippen molar-refractivity contribution in [2.75, 3.05) is 24.6 Å². The zero-order valence-corrected chi connectivity index (χ0v) is 18.8. The summed E-state index contributed by atoms with van der Waals surface area (Å²) < 4.78 is 48.6. The van der Waals surface area contributed by atoms with Gasteiger partial charge in [0.1, 0.15) is 6.10 Å². The molecule has 1 saturated heterocycles. The van der Waals surface area contributed by atoms with E-state index in [1.165, 1.54) is 0 Å². The fourth-order valence-electron chi connectivity index (χ4n) is 6.07. The summed E-state index contributed by atoms with van der Waals surface area (Å²) in [5.74, 6) is 0.522. The van der Waals surface area contributed by atoms with E-state index < -0.39 is 17.0 Å². The standard InChI is InChI=1S/C24H25F3N6O/c1-14-2-5-17-19(22-11-23(12-22,13-22)24(25,26)27)30-21(31-20(17)29-14)32-6-7-34-18(10-32)15-8-28-33(9-15)16-3-4-16/h2,5,8-9,16,18H,3-4,6-7,10-13H2,1H3/t18-,22?,23?/m0/s1. The number of pyridine rings is 1. The van der Waals surface area contributed by atoms with E-state index in [0.29, 0.717) is 37.3 Å². The summed E-state index contributed by atoms with van der Waals surface area (Å²) in [5, 5.41) is 5.25. The Kier molecular flexibility index (Phi) is 4.05. The molecule has 8 rings (SSSR count). The second-order valence-corrected chi connectivity index (χ2v) is 10.6. The minimum atomic E-state index is -4.16. The minimum absolute atomic E-state index is 0.106. The first-order valence-electron chi connectivity index (χ1n) is 11.9. The second kappa shape index (κ2) is 6.68. The topological polar surface area (TPSA) is 69.0 Å². The van der Waals surface area contributed by atoms with Crippen LogP contribution in [0, 0.1) is 12.3 Å². The number of ether oxygens (including phenoxy) is 1. The zero-order valence-electron chi connectivity index (χ0n) is 18.8. The number of alkyl halides is 3. The number of nitrogens with zero attached hydrogens (tertiary/aromatic N) is 6. The van der Waals surface area contributed by atoms with Crippen molar-refractivity contribution in [3.05, 3.63) is 41.5 Å². The average Bonchev–Trinajstić information content (AvgIpc) is 3.47. The fourth-order valence-corrected chi connectivity index (χ4v) is 6.07. The molecule has 10 heteroatoms. The van der Waals surface area contributed by atoms with Gasteiger partial charge in [0.05, 0.1) is 36.5 Å². The van der Waals surface area contributed by atoms with Crippen molar-refractivity contribution in [3.63, 3.8) is 0 Å². The lowest BCUT2D eigenvalue weighted by molar-refractivity contribution is -0.337. The third-order valence-electron chi connectivity index (χ3n) is 8.08. The van der Waals surface area contributed by atoms with Crippen LogP contribution in [0.15, 0.2) is 24.5 Å². The Labute approximate surface area is 194 Å². The Bertz CT molecular complexity index is 1280. The first-order chi connectivity index (χ1) is 16.3. The summed E-state index contributed by atoms with van der Waals surface area (Å²) in [7, 11) is 0. The van der Waals surface area contributed by atoms with Gasteiger partial charge >= 0.3 is 6.18 Å². The van der Waals surface area contributed by atoms with Crippen molar-refractivity contribution in [1.82, 2.24) is 24.7 Å². The molecule has 3 aromatic rings. The maximum atomic E-state index is 13.5. The molecule has 0 unspecified atom stereocenters. The van der Waals surface area contributed by atoms with E-state index in [4.69, 9.17) is 14.7 Å². The summed E-state index contributed by atoms with van der Waals surface area (Å²) in [6.07, 6.45) is 2.26. The van der Waals surface area contributed by atoms with E-state index in [2.05, 4.69) is 21.2 Å². The van der Waals surface area contributed by atoms with Crippen molar-refractivity contribution in [3.8, 4) is 0 Å². The number of anilines is 1. The zero-order chi connectivity index (χ0) is 23.3. The predicted molar refractivity (Wildman–Crippen MR) is 117 cm³/mol. The van der Waals surface area contributed by atoms with Crippen LogP contribution in [0.4, 0.5) is 19.1 Å². The van der Waals surface area contributed by atoms with Gasteiger partial charge in [-0.3, -0.25) is 4.68 Å². The Morgan fingerprint density at radius 1 is 1.09 bits per heavy atom. The van der Waals surface area contributed by atoms with Crippen LogP contribution in [-0.2, 0) is 10.2 Å². The van der Waals surface area contributed by atoms with Crippen molar-refractivity contribution in [2.45, 2.75) is 62.8 Å². The lowest BCUT2D eigenvalue weighted by Gasteiger charge is -2.70. The molecule has 2 bridgehead atoms. The Morgan fingerprint density at radius 2 is 1.88 bits per heavy atom. The van der Waals surface area contributed by atoms with Crippen LogP contribution in [-0.4, -0.2) is 50.6 Å². The third kappa shape index (κ3) is 2.93. The van der Waals surface area contributed by atoms with Gasteiger partial charge in [0.25, 0.3) is 0 Å². The molecule has 1 atom stereocenters. The molecule has 0 amide bonds. The predicted octanol–water partition coefficient (Wildman–Crippen LogP) is 4.43. The minimum Gasteiger partial charge on any atom is -0.370 e. The molecule has 0 radical (unpaired) electrons. The summed E-state index contributed by atoms with van der Waals surface area (Å²) in [4.78, 5) is 16.3. The first kappa shape index (κ1) is 20.6. The van der Waals surface area contributed by atoms with Gasteiger partial charge in [-0.15, -0.1) is 0 Å². The molecular formula is C24H25F3N6O. The average molecular weight is 470 g/mol. The lowest BCUT2D eigenvalue weighted by atomic mass is 9.33. The quantitative estimate of drug-likeness (QED) is 0.562. The van der Waals surface area contributed by atoms with E-state index in [1.54, 1.807) is 0 Å². The van der Waals surface area contributed by atoms with Crippen molar-refractivity contribution < 1.29 is 17.9 Å². The van der Waals surface area contributed by atoms with Gasteiger partial charge in [-0.2, -0.15) is 23.3 Å². The van der Waals surface area contributed by atoms with Gasteiger partial charge in [0.2, 0.25) is 5.95 Å². The maximum Gasteiger partial charge on any atom is 0.394 e. The van der Waals surface area contributed by atoms with Gasteiger partial charge in [-0.1, -0.05) is 0 Å². The van der Waals surface area contributed by atoms with Crippen molar-refractivity contribution in [1.29, 1.82) is 0 Å². The van der Waals surface area contributed by atoms with Gasteiger partial charge in [0.15, 0.2) is 5.65 Å². The number of halogens is 3. The number of hydrogen-bond acceptors (Lipinski definition) is 6. The Hall–Kier alpha value is -2.75. The van der Waals surface area contributed by atoms with Crippen LogP contribution in [0.25, 0.3) is 11.0 Å². The Balaban J connectivity index is 1.22. The number of rotatable bonds is 4. The summed E-state index contributed by atoms with van der Waals surface area (Å²) in [5.41, 5.74) is 1.05. The fraction of sp³-hybridized carbons (Fsp3) is 0.583. The van der Waals surface area contributed by atoms with Crippen LogP contribution in [0.1, 0.15) is 61.2 Å².